The molecule has 1 rings (SSSR count). The summed E-state index contributed by atoms with van der Waals surface area (Å²) in [5.41, 5.74) is -1.30. The van der Waals surface area contributed by atoms with Crippen molar-refractivity contribution in [2.45, 2.75) is 13.8 Å². The molecule has 3 N–H and O–H groups in total. The Hall–Kier alpha value is -1.85. The third-order valence-electron chi connectivity index (χ3n) is 1.68. The van der Waals surface area contributed by atoms with Gasteiger partial charge in [-0.1, -0.05) is 13.8 Å². The number of rotatable bonds is 3. The van der Waals surface area contributed by atoms with Gasteiger partial charge < -0.3 is 10.3 Å². The fourth-order valence-electron chi connectivity index (χ4n) is 0.983. The third-order valence-corrected chi connectivity index (χ3v) is 1.68. The molecule has 0 bridgehead atoms. The highest BCUT2D eigenvalue weighted by atomic mass is 16.2. The van der Waals surface area contributed by atoms with Gasteiger partial charge in [-0.15, -0.1) is 0 Å². The molecule has 0 aliphatic rings. The van der Waals surface area contributed by atoms with Crippen molar-refractivity contribution in [2.75, 3.05) is 6.54 Å². The lowest BCUT2D eigenvalue weighted by molar-refractivity contribution is 0.0943. The van der Waals surface area contributed by atoms with Crippen molar-refractivity contribution >= 4 is 5.91 Å². The number of carbonyl (C=O) groups excluding carboxylic acids is 1. The van der Waals surface area contributed by atoms with E-state index in [2.05, 4.69) is 10.3 Å². The van der Waals surface area contributed by atoms with Gasteiger partial charge in [-0.2, -0.15) is 0 Å². The Labute approximate surface area is 85.7 Å². The molecule has 6 heteroatoms. The van der Waals surface area contributed by atoms with Crippen LogP contribution in [0, 0.1) is 5.92 Å². The molecule has 0 spiro atoms. The summed E-state index contributed by atoms with van der Waals surface area (Å²) >= 11 is 0. The molecule has 82 valence electrons. The normalized spacial score (nSPS) is 10.3. The van der Waals surface area contributed by atoms with Crippen LogP contribution in [0.4, 0.5) is 0 Å². The zero-order valence-corrected chi connectivity index (χ0v) is 8.59. The Morgan fingerprint density at radius 2 is 2.07 bits per heavy atom. The maximum atomic E-state index is 11.4. The first-order valence-corrected chi connectivity index (χ1v) is 4.61. The van der Waals surface area contributed by atoms with Crippen LogP contribution >= 0.6 is 0 Å². The number of hydrogen-bond acceptors (Lipinski definition) is 3. The minimum Gasteiger partial charge on any atom is -0.351 e. The zero-order valence-electron chi connectivity index (χ0n) is 8.59. The number of aromatic nitrogens is 2. The highest BCUT2D eigenvalue weighted by molar-refractivity contribution is 5.91. The highest BCUT2D eigenvalue weighted by Gasteiger charge is 2.07. The van der Waals surface area contributed by atoms with Crippen LogP contribution in [0.1, 0.15) is 24.3 Å². The Morgan fingerprint density at radius 1 is 1.40 bits per heavy atom. The molecule has 0 saturated carbocycles. The molecule has 0 fully saturated rings. The van der Waals surface area contributed by atoms with E-state index < -0.39 is 17.2 Å². The second kappa shape index (κ2) is 4.59. The Morgan fingerprint density at radius 3 is 2.60 bits per heavy atom. The lowest BCUT2D eigenvalue weighted by atomic mass is 10.2. The van der Waals surface area contributed by atoms with Crippen molar-refractivity contribution in [1.82, 2.24) is 15.3 Å². The highest BCUT2D eigenvalue weighted by Crippen LogP contribution is 1.90. The summed E-state index contributed by atoms with van der Waals surface area (Å²) in [7, 11) is 0. The molecule has 0 aliphatic heterocycles. The summed E-state index contributed by atoms with van der Waals surface area (Å²) in [6, 6.07) is 1.05. The van der Waals surface area contributed by atoms with Gasteiger partial charge in [0, 0.05) is 12.6 Å². The van der Waals surface area contributed by atoms with E-state index in [1.165, 1.54) is 0 Å². The summed E-state index contributed by atoms with van der Waals surface area (Å²) in [5.74, 6) is -0.144. The first-order valence-electron chi connectivity index (χ1n) is 4.61. The summed E-state index contributed by atoms with van der Waals surface area (Å²) in [6.07, 6.45) is 0. The van der Waals surface area contributed by atoms with Gasteiger partial charge in [-0.05, 0) is 5.92 Å². The molecule has 1 aromatic rings. The van der Waals surface area contributed by atoms with Crippen molar-refractivity contribution < 1.29 is 4.79 Å². The summed E-state index contributed by atoms with van der Waals surface area (Å²) in [6.45, 7) is 4.38. The number of carbonyl (C=O) groups is 1. The minimum atomic E-state index is -0.683. The first-order chi connectivity index (χ1) is 6.99. The molecule has 6 nitrogen and oxygen atoms in total. The van der Waals surface area contributed by atoms with Crippen LogP contribution in [0.2, 0.25) is 0 Å². The van der Waals surface area contributed by atoms with E-state index in [-0.39, 0.29) is 5.69 Å². The summed E-state index contributed by atoms with van der Waals surface area (Å²) in [4.78, 5) is 37.4. The van der Waals surface area contributed by atoms with Gasteiger partial charge in [0.2, 0.25) is 0 Å². The minimum absolute atomic E-state index is 0.0237. The van der Waals surface area contributed by atoms with Crippen molar-refractivity contribution in [2.24, 2.45) is 5.92 Å². The molecule has 0 radical (unpaired) electrons. The number of nitrogens with one attached hydrogen (secondary N) is 3. The van der Waals surface area contributed by atoms with Crippen LogP contribution in [-0.2, 0) is 0 Å². The van der Waals surface area contributed by atoms with Crippen LogP contribution in [0.5, 0.6) is 0 Å². The number of amides is 1. The number of aromatic amines is 2. The van der Waals surface area contributed by atoms with Crippen LogP contribution < -0.4 is 16.6 Å². The zero-order chi connectivity index (χ0) is 11.4. The van der Waals surface area contributed by atoms with E-state index in [0.717, 1.165) is 6.07 Å². The van der Waals surface area contributed by atoms with Gasteiger partial charge in [-0.25, -0.2) is 4.79 Å². The van der Waals surface area contributed by atoms with Gasteiger partial charge in [0.15, 0.2) is 0 Å². The van der Waals surface area contributed by atoms with Crippen molar-refractivity contribution in [1.29, 1.82) is 0 Å². The van der Waals surface area contributed by atoms with E-state index in [0.29, 0.717) is 12.5 Å². The van der Waals surface area contributed by atoms with Crippen LogP contribution in [-0.4, -0.2) is 22.4 Å². The quantitative estimate of drug-likeness (QED) is 0.626. The lowest BCUT2D eigenvalue weighted by Crippen LogP contribution is -2.32. The Balaban J connectivity index is 2.83. The topological polar surface area (TPSA) is 94.8 Å². The molecule has 0 saturated heterocycles. The molecule has 0 aromatic carbocycles. The van der Waals surface area contributed by atoms with Crippen LogP contribution in [0.3, 0.4) is 0 Å². The van der Waals surface area contributed by atoms with Crippen LogP contribution in [0.25, 0.3) is 0 Å². The van der Waals surface area contributed by atoms with Gasteiger partial charge >= 0.3 is 5.69 Å². The second-order valence-corrected chi connectivity index (χ2v) is 3.61. The fraction of sp³-hybridized carbons (Fsp3) is 0.444. The summed E-state index contributed by atoms with van der Waals surface area (Å²) in [5, 5.41) is 2.59. The van der Waals surface area contributed by atoms with Gasteiger partial charge in [0.25, 0.3) is 11.5 Å². The van der Waals surface area contributed by atoms with Gasteiger partial charge in [-0.3, -0.25) is 14.6 Å². The monoisotopic (exact) mass is 211 g/mol. The third kappa shape index (κ3) is 3.41. The molecular weight excluding hydrogens is 198 g/mol. The van der Waals surface area contributed by atoms with E-state index >= 15 is 0 Å². The average Bonchev–Trinajstić information content (AvgIpc) is 2.12. The molecular formula is C9H13N3O3. The lowest BCUT2D eigenvalue weighted by Gasteiger charge is -2.06. The largest absolute Gasteiger partial charge is 0.351 e. The Kier molecular flexibility index (Phi) is 3.43. The van der Waals surface area contributed by atoms with Gasteiger partial charge in [0.05, 0.1) is 0 Å². The average molecular weight is 211 g/mol. The molecule has 0 unspecified atom stereocenters. The molecule has 15 heavy (non-hydrogen) atoms. The molecule has 1 heterocycles. The van der Waals surface area contributed by atoms with E-state index in [4.69, 9.17) is 0 Å². The Bertz CT molecular complexity index is 430. The standard InChI is InChI=1S/C9H13N3O3/c1-5(2)4-10-8(14)6-3-7(13)12-9(15)11-6/h3,5H,4H2,1-2H3,(H,10,14)(H2,11,12,13,15). The molecule has 1 amide bonds. The second-order valence-electron chi connectivity index (χ2n) is 3.61. The smallest absolute Gasteiger partial charge is 0.326 e. The fourth-order valence-corrected chi connectivity index (χ4v) is 0.983. The molecule has 0 aliphatic carbocycles. The van der Waals surface area contributed by atoms with Crippen molar-refractivity contribution in [3.05, 3.63) is 32.6 Å². The van der Waals surface area contributed by atoms with E-state index in [1.807, 2.05) is 18.8 Å². The maximum absolute atomic E-state index is 11.4. The number of H-pyrrole nitrogens is 2. The number of hydrogen-bond donors (Lipinski definition) is 3. The van der Waals surface area contributed by atoms with Gasteiger partial charge in [0.1, 0.15) is 5.69 Å². The maximum Gasteiger partial charge on any atom is 0.326 e. The van der Waals surface area contributed by atoms with E-state index in [9.17, 15) is 14.4 Å². The predicted molar refractivity (Wildman–Crippen MR) is 54.9 cm³/mol. The first kappa shape index (κ1) is 11.2. The molecule has 1 aromatic heterocycles. The van der Waals surface area contributed by atoms with E-state index in [1.54, 1.807) is 0 Å². The molecule has 0 atom stereocenters. The SMILES string of the molecule is CC(C)CNC(=O)c1cc(=O)[nH]c(=O)[nH]1. The van der Waals surface area contributed by atoms with Crippen LogP contribution in [0.15, 0.2) is 15.7 Å². The van der Waals surface area contributed by atoms with Crippen molar-refractivity contribution in [3.63, 3.8) is 0 Å². The van der Waals surface area contributed by atoms with Crippen molar-refractivity contribution in [3.8, 4) is 0 Å². The summed E-state index contributed by atoms with van der Waals surface area (Å²) < 4.78 is 0. The predicted octanol–water partition coefficient (Wildman–Crippen LogP) is -0.551.